The van der Waals surface area contributed by atoms with Gasteiger partial charge in [-0.15, -0.1) is 0 Å². The summed E-state index contributed by atoms with van der Waals surface area (Å²) in [6.07, 6.45) is 0. The van der Waals surface area contributed by atoms with E-state index < -0.39 is 0 Å². The number of hydrogen-bond acceptors (Lipinski definition) is 1. The molecular formula is C13H6Br3N. The minimum Gasteiger partial charge on any atom is -0.248 e. The van der Waals surface area contributed by atoms with Gasteiger partial charge in [0.1, 0.15) is 0 Å². The third kappa shape index (κ3) is 1.92. The summed E-state index contributed by atoms with van der Waals surface area (Å²) >= 11 is 10.7. The van der Waals surface area contributed by atoms with Crippen LogP contribution in [0, 0.1) is 0 Å². The standard InChI is InChI=1S/C13H6Br3N/c14-9-6-11-8(12(15)13(9)16)5-7-3-1-2-4-10(7)17-11/h1-6H. The Morgan fingerprint density at radius 2 is 1.59 bits per heavy atom. The molecule has 3 aromatic rings. The monoisotopic (exact) mass is 413 g/mol. The zero-order valence-corrected chi connectivity index (χ0v) is 13.3. The molecule has 1 nitrogen and oxygen atoms in total. The SMILES string of the molecule is Brc1cc2nc3ccccc3cc2c(Br)c1Br. The summed E-state index contributed by atoms with van der Waals surface area (Å²) in [4.78, 5) is 4.66. The molecule has 0 saturated carbocycles. The summed E-state index contributed by atoms with van der Waals surface area (Å²) in [5.74, 6) is 0. The van der Waals surface area contributed by atoms with Gasteiger partial charge in [0.15, 0.2) is 0 Å². The van der Waals surface area contributed by atoms with E-state index in [0.29, 0.717) is 0 Å². The van der Waals surface area contributed by atoms with E-state index in [9.17, 15) is 0 Å². The molecule has 0 aliphatic rings. The molecule has 0 aliphatic carbocycles. The summed E-state index contributed by atoms with van der Waals surface area (Å²) in [7, 11) is 0. The third-order valence-corrected chi connectivity index (χ3v) is 5.99. The lowest BCUT2D eigenvalue weighted by atomic mass is 10.1. The number of hydrogen-bond donors (Lipinski definition) is 0. The van der Waals surface area contributed by atoms with Crippen LogP contribution in [0.3, 0.4) is 0 Å². The van der Waals surface area contributed by atoms with Crippen LogP contribution in [0.15, 0.2) is 49.8 Å². The van der Waals surface area contributed by atoms with Crippen molar-refractivity contribution in [3.05, 3.63) is 49.8 Å². The lowest BCUT2D eigenvalue weighted by Crippen LogP contribution is -1.85. The van der Waals surface area contributed by atoms with Gasteiger partial charge < -0.3 is 0 Å². The van der Waals surface area contributed by atoms with Gasteiger partial charge in [0.2, 0.25) is 0 Å². The van der Waals surface area contributed by atoms with Gasteiger partial charge in [-0.3, -0.25) is 0 Å². The minimum absolute atomic E-state index is 0.977. The van der Waals surface area contributed by atoms with Crippen LogP contribution in [0.25, 0.3) is 21.8 Å². The van der Waals surface area contributed by atoms with Crippen molar-refractivity contribution < 1.29 is 0 Å². The fourth-order valence-electron chi connectivity index (χ4n) is 1.82. The first-order chi connectivity index (χ1) is 8.16. The second kappa shape index (κ2) is 4.34. The van der Waals surface area contributed by atoms with Crippen molar-refractivity contribution in [2.24, 2.45) is 0 Å². The lowest BCUT2D eigenvalue weighted by Gasteiger charge is -2.07. The molecule has 1 heterocycles. The Kier molecular flexibility index (Phi) is 2.97. The van der Waals surface area contributed by atoms with Gasteiger partial charge in [0.05, 0.1) is 11.0 Å². The molecule has 0 atom stereocenters. The number of para-hydroxylation sites is 1. The average molecular weight is 416 g/mol. The van der Waals surface area contributed by atoms with Crippen LogP contribution in [0.4, 0.5) is 0 Å². The van der Waals surface area contributed by atoms with E-state index in [4.69, 9.17) is 0 Å². The van der Waals surface area contributed by atoms with Gasteiger partial charge in [-0.1, -0.05) is 18.2 Å². The number of benzene rings is 2. The van der Waals surface area contributed by atoms with Crippen LogP contribution in [-0.4, -0.2) is 4.98 Å². The summed E-state index contributed by atoms with van der Waals surface area (Å²) in [6.45, 7) is 0. The number of aromatic nitrogens is 1. The Hall–Kier alpha value is -0.450. The topological polar surface area (TPSA) is 12.9 Å². The van der Waals surface area contributed by atoms with E-state index in [0.717, 1.165) is 35.2 Å². The first-order valence-corrected chi connectivity index (χ1v) is 7.38. The Morgan fingerprint density at radius 1 is 0.824 bits per heavy atom. The number of pyridine rings is 1. The number of halogens is 3. The lowest BCUT2D eigenvalue weighted by molar-refractivity contribution is 1.47. The Morgan fingerprint density at radius 3 is 2.41 bits per heavy atom. The molecule has 4 heteroatoms. The molecule has 0 bridgehead atoms. The van der Waals surface area contributed by atoms with Crippen molar-refractivity contribution in [1.82, 2.24) is 4.98 Å². The maximum Gasteiger partial charge on any atom is 0.0733 e. The van der Waals surface area contributed by atoms with E-state index in [-0.39, 0.29) is 0 Å². The molecule has 0 unspecified atom stereocenters. The normalized spacial score (nSPS) is 11.2. The van der Waals surface area contributed by atoms with Gasteiger partial charge in [0, 0.05) is 24.2 Å². The first-order valence-electron chi connectivity index (χ1n) is 5.00. The van der Waals surface area contributed by atoms with E-state index in [1.807, 2.05) is 24.3 Å². The molecule has 2 aromatic carbocycles. The summed E-state index contributed by atoms with van der Waals surface area (Å²) in [5.41, 5.74) is 1.99. The molecule has 0 saturated heterocycles. The van der Waals surface area contributed by atoms with E-state index in [2.05, 4.69) is 64.9 Å². The van der Waals surface area contributed by atoms with Crippen LogP contribution < -0.4 is 0 Å². The zero-order valence-electron chi connectivity index (χ0n) is 8.55. The number of fused-ring (bicyclic) bond motifs is 2. The molecule has 0 aliphatic heterocycles. The fraction of sp³-hybridized carbons (Fsp3) is 0. The maximum absolute atomic E-state index is 4.66. The highest BCUT2D eigenvalue weighted by atomic mass is 79.9. The van der Waals surface area contributed by atoms with E-state index in [1.165, 1.54) is 0 Å². The summed E-state index contributed by atoms with van der Waals surface area (Å²) in [6, 6.07) is 12.3. The second-order valence-electron chi connectivity index (χ2n) is 3.73. The van der Waals surface area contributed by atoms with Gasteiger partial charge in [-0.05, 0) is 66.0 Å². The Balaban J connectivity index is 2.52. The smallest absolute Gasteiger partial charge is 0.0733 e. The molecule has 0 amide bonds. The molecule has 17 heavy (non-hydrogen) atoms. The first kappa shape index (κ1) is 11.6. The molecule has 0 spiro atoms. The van der Waals surface area contributed by atoms with Crippen molar-refractivity contribution in [1.29, 1.82) is 0 Å². The molecule has 84 valence electrons. The van der Waals surface area contributed by atoms with Gasteiger partial charge in [-0.25, -0.2) is 4.98 Å². The van der Waals surface area contributed by atoms with Crippen molar-refractivity contribution in [3.8, 4) is 0 Å². The zero-order chi connectivity index (χ0) is 12.0. The highest BCUT2D eigenvalue weighted by Gasteiger charge is 2.09. The fourth-order valence-corrected chi connectivity index (χ4v) is 3.36. The highest BCUT2D eigenvalue weighted by molar-refractivity contribution is 9.14. The molecular weight excluding hydrogens is 410 g/mol. The van der Waals surface area contributed by atoms with Gasteiger partial charge in [0.25, 0.3) is 0 Å². The predicted molar refractivity (Wildman–Crippen MR) is 82.3 cm³/mol. The van der Waals surface area contributed by atoms with Crippen molar-refractivity contribution >= 4 is 69.6 Å². The van der Waals surface area contributed by atoms with Crippen LogP contribution in [0.1, 0.15) is 0 Å². The Bertz CT molecular complexity index is 737. The van der Waals surface area contributed by atoms with Crippen LogP contribution in [-0.2, 0) is 0 Å². The second-order valence-corrected chi connectivity index (χ2v) is 6.17. The molecule has 3 rings (SSSR count). The van der Waals surface area contributed by atoms with Crippen molar-refractivity contribution in [2.75, 3.05) is 0 Å². The summed E-state index contributed by atoms with van der Waals surface area (Å²) < 4.78 is 3.04. The maximum atomic E-state index is 4.66. The van der Waals surface area contributed by atoms with Crippen molar-refractivity contribution in [3.63, 3.8) is 0 Å². The molecule has 1 aromatic heterocycles. The third-order valence-electron chi connectivity index (χ3n) is 2.66. The summed E-state index contributed by atoms with van der Waals surface area (Å²) in [5, 5.41) is 2.26. The number of rotatable bonds is 0. The highest BCUT2D eigenvalue weighted by Crippen LogP contribution is 2.37. The van der Waals surface area contributed by atoms with Crippen molar-refractivity contribution in [2.45, 2.75) is 0 Å². The average Bonchev–Trinajstić information content (AvgIpc) is 2.34. The minimum atomic E-state index is 0.977. The van der Waals surface area contributed by atoms with Crippen LogP contribution in [0.5, 0.6) is 0 Å². The molecule has 0 N–H and O–H groups in total. The number of nitrogens with zero attached hydrogens (tertiary/aromatic N) is 1. The van der Waals surface area contributed by atoms with Gasteiger partial charge in [-0.2, -0.15) is 0 Å². The van der Waals surface area contributed by atoms with Crippen LogP contribution in [0.2, 0.25) is 0 Å². The quantitative estimate of drug-likeness (QED) is 0.340. The van der Waals surface area contributed by atoms with E-state index >= 15 is 0 Å². The Labute approximate surface area is 124 Å². The van der Waals surface area contributed by atoms with Gasteiger partial charge >= 0.3 is 0 Å². The largest absolute Gasteiger partial charge is 0.248 e. The predicted octanol–water partition coefficient (Wildman–Crippen LogP) is 5.68. The van der Waals surface area contributed by atoms with E-state index in [1.54, 1.807) is 0 Å². The van der Waals surface area contributed by atoms with Crippen LogP contribution >= 0.6 is 47.8 Å². The molecule has 0 radical (unpaired) electrons. The molecule has 0 fully saturated rings.